The first kappa shape index (κ1) is 29.2. The Morgan fingerprint density at radius 2 is 1.13 bits per heavy atom. The average molecular weight is 275 g/mol. The van der Waals surface area contributed by atoms with Gasteiger partial charge in [0.25, 0.3) is 0 Å². The van der Waals surface area contributed by atoms with Crippen molar-refractivity contribution in [2.24, 2.45) is 0 Å². The Morgan fingerprint density at radius 3 is 1.13 bits per heavy atom. The van der Waals surface area contributed by atoms with Gasteiger partial charge in [0.15, 0.2) is 0 Å². The van der Waals surface area contributed by atoms with Crippen LogP contribution in [-0.2, 0) is 35.6 Å². The summed E-state index contributed by atoms with van der Waals surface area (Å²) in [6.45, 7) is -0.417. The van der Waals surface area contributed by atoms with Crippen molar-refractivity contribution in [3.8, 4) is 0 Å². The van der Waals surface area contributed by atoms with Gasteiger partial charge in [-0.3, -0.25) is 0 Å². The molecule has 0 saturated heterocycles. The maximum Gasteiger partial charge on any atom is 0.329 e. The largest absolute Gasteiger partial charge is 0.480 e. The molecule has 0 aliphatic carbocycles. The van der Waals surface area contributed by atoms with Gasteiger partial charge in [-0.1, -0.05) is 0 Å². The maximum absolute atomic E-state index is 9.47. The molecule has 0 bridgehead atoms. The van der Waals surface area contributed by atoms with Crippen molar-refractivity contribution in [1.29, 1.82) is 0 Å². The van der Waals surface area contributed by atoms with Gasteiger partial charge in [0.05, 0.1) is 0 Å². The standard InChI is InChI=1S/2C3H6O3.Ni.2H2O/c2*1-6-2-3(4)5;;;/h2*2H2,1H3,(H,4,5);;2*1H2. The van der Waals surface area contributed by atoms with E-state index < -0.39 is 11.9 Å². The van der Waals surface area contributed by atoms with E-state index in [1.807, 2.05) is 0 Å². The Kier molecular flexibility index (Phi) is 45.3. The van der Waals surface area contributed by atoms with Gasteiger partial charge in [-0.15, -0.1) is 0 Å². The number of carbonyl (C=O) groups is 2. The Bertz CT molecular complexity index is 123. The van der Waals surface area contributed by atoms with E-state index in [4.69, 9.17) is 10.2 Å². The second kappa shape index (κ2) is 23.3. The average Bonchev–Trinajstić information content (AvgIpc) is 1.87. The number of methoxy groups -OCH3 is 2. The molecule has 0 aromatic carbocycles. The Balaban J connectivity index is -0.0000000370. The number of ether oxygens (including phenoxy) is 2. The first-order chi connectivity index (χ1) is 5.54. The van der Waals surface area contributed by atoms with Crippen molar-refractivity contribution >= 4 is 11.9 Å². The van der Waals surface area contributed by atoms with E-state index in [0.717, 1.165) is 0 Å². The first-order valence-electron chi connectivity index (χ1n) is 2.96. The van der Waals surface area contributed by atoms with Gasteiger partial charge < -0.3 is 30.6 Å². The number of hydrogen-bond donors (Lipinski definition) is 2. The molecular formula is C6H16NiO8. The molecule has 0 spiro atoms. The van der Waals surface area contributed by atoms with Crippen LogP contribution in [0, 0.1) is 0 Å². The van der Waals surface area contributed by atoms with Gasteiger partial charge >= 0.3 is 11.9 Å². The van der Waals surface area contributed by atoms with Crippen LogP contribution in [0.2, 0.25) is 0 Å². The van der Waals surface area contributed by atoms with Crippen LogP contribution in [0.1, 0.15) is 0 Å². The normalized spacial score (nSPS) is 6.53. The molecule has 98 valence electrons. The zero-order chi connectivity index (χ0) is 9.98. The topological polar surface area (TPSA) is 156 Å². The molecule has 15 heavy (non-hydrogen) atoms. The molecule has 0 amide bonds. The van der Waals surface area contributed by atoms with E-state index >= 15 is 0 Å². The van der Waals surface area contributed by atoms with Crippen LogP contribution >= 0.6 is 0 Å². The number of carboxylic acids is 2. The predicted molar refractivity (Wildman–Crippen MR) is 46.3 cm³/mol. The number of rotatable bonds is 4. The van der Waals surface area contributed by atoms with Crippen LogP contribution < -0.4 is 0 Å². The first-order valence-corrected chi connectivity index (χ1v) is 2.96. The van der Waals surface area contributed by atoms with Gasteiger partial charge in [-0.05, 0) is 0 Å². The van der Waals surface area contributed by atoms with Gasteiger partial charge in [-0.25, -0.2) is 9.59 Å². The van der Waals surface area contributed by atoms with Crippen LogP contribution in [-0.4, -0.2) is 60.5 Å². The van der Waals surface area contributed by atoms with E-state index in [2.05, 4.69) is 9.47 Å². The van der Waals surface area contributed by atoms with E-state index in [9.17, 15) is 9.59 Å². The Hall–Kier alpha value is -0.726. The van der Waals surface area contributed by atoms with E-state index in [0.29, 0.717) is 0 Å². The molecule has 0 rings (SSSR count). The van der Waals surface area contributed by atoms with Crippen molar-refractivity contribution in [1.82, 2.24) is 0 Å². The number of carboxylic acid groups (broad SMARTS) is 2. The maximum atomic E-state index is 9.47. The molecule has 9 heteroatoms. The SMILES string of the molecule is COCC(=O)O.COCC(=O)O.O.O.[Ni]. The zero-order valence-corrected chi connectivity index (χ0v) is 9.25. The van der Waals surface area contributed by atoms with Crippen molar-refractivity contribution in [3.05, 3.63) is 0 Å². The van der Waals surface area contributed by atoms with Gasteiger partial charge in [-0.2, -0.15) is 0 Å². The van der Waals surface area contributed by atoms with Gasteiger partial charge in [0.1, 0.15) is 13.2 Å². The Labute approximate surface area is 96.7 Å². The van der Waals surface area contributed by atoms with Crippen molar-refractivity contribution in [3.63, 3.8) is 0 Å². The molecule has 0 fully saturated rings. The third-order valence-corrected chi connectivity index (χ3v) is 0.536. The summed E-state index contributed by atoms with van der Waals surface area (Å²) in [5, 5.41) is 15.6. The van der Waals surface area contributed by atoms with Crippen LogP contribution in [0.5, 0.6) is 0 Å². The van der Waals surface area contributed by atoms with Gasteiger partial charge in [0, 0.05) is 30.7 Å². The summed E-state index contributed by atoms with van der Waals surface area (Å²) in [5.74, 6) is -1.87. The fraction of sp³-hybridized carbons (Fsp3) is 0.667. The second-order valence-electron chi connectivity index (χ2n) is 1.65. The molecule has 6 N–H and O–H groups in total. The molecule has 8 nitrogen and oxygen atoms in total. The summed E-state index contributed by atoms with van der Waals surface area (Å²) in [5.41, 5.74) is 0. The fourth-order valence-corrected chi connectivity index (χ4v) is 0.247. The summed E-state index contributed by atoms with van der Waals surface area (Å²) in [6, 6.07) is 0. The third kappa shape index (κ3) is 60.7. The molecule has 0 saturated carbocycles. The summed E-state index contributed by atoms with van der Waals surface area (Å²) in [7, 11) is 2.68. The zero-order valence-electron chi connectivity index (χ0n) is 8.26. The van der Waals surface area contributed by atoms with Crippen molar-refractivity contribution in [2.45, 2.75) is 0 Å². The predicted octanol–water partition coefficient (Wildman–Crippen LogP) is -2.22. The van der Waals surface area contributed by atoms with Gasteiger partial charge in [0.2, 0.25) is 0 Å². The summed E-state index contributed by atoms with van der Waals surface area (Å²) < 4.78 is 8.41. The van der Waals surface area contributed by atoms with Crippen LogP contribution in [0.4, 0.5) is 0 Å². The number of aliphatic carboxylic acids is 2. The second-order valence-corrected chi connectivity index (χ2v) is 1.65. The molecule has 0 aromatic heterocycles. The minimum atomic E-state index is -0.933. The third-order valence-electron chi connectivity index (χ3n) is 0.536. The summed E-state index contributed by atoms with van der Waals surface area (Å²) in [6.07, 6.45) is 0. The van der Waals surface area contributed by atoms with Crippen LogP contribution in [0.3, 0.4) is 0 Å². The number of hydrogen-bond acceptors (Lipinski definition) is 4. The van der Waals surface area contributed by atoms with Crippen LogP contribution in [0.15, 0.2) is 0 Å². The molecule has 0 atom stereocenters. The van der Waals surface area contributed by atoms with Crippen LogP contribution in [0.25, 0.3) is 0 Å². The minimum absolute atomic E-state index is 0. The smallest absolute Gasteiger partial charge is 0.329 e. The molecule has 0 aliphatic rings. The summed E-state index contributed by atoms with van der Waals surface area (Å²) in [4.78, 5) is 18.9. The molecular weight excluding hydrogens is 259 g/mol. The Morgan fingerprint density at radius 1 is 0.933 bits per heavy atom. The van der Waals surface area contributed by atoms with Crippen molar-refractivity contribution in [2.75, 3.05) is 27.4 Å². The summed E-state index contributed by atoms with van der Waals surface area (Å²) >= 11 is 0. The molecule has 0 unspecified atom stereocenters. The molecule has 0 aromatic rings. The van der Waals surface area contributed by atoms with E-state index in [1.165, 1.54) is 14.2 Å². The minimum Gasteiger partial charge on any atom is -0.480 e. The van der Waals surface area contributed by atoms with Crippen molar-refractivity contribution < 1.29 is 56.7 Å². The van der Waals surface area contributed by atoms with E-state index in [-0.39, 0.29) is 40.7 Å². The molecule has 0 aliphatic heterocycles. The quantitative estimate of drug-likeness (QED) is 0.553. The molecule has 0 radical (unpaired) electrons. The van der Waals surface area contributed by atoms with E-state index in [1.54, 1.807) is 0 Å². The molecule has 0 heterocycles. The fourth-order valence-electron chi connectivity index (χ4n) is 0.247. The monoisotopic (exact) mass is 274 g/mol.